The normalized spacial score (nSPS) is 11.0. The van der Waals surface area contributed by atoms with E-state index in [2.05, 4.69) is 42.2 Å². The largest absolute Gasteiger partial charge is 0.444 e. The summed E-state index contributed by atoms with van der Waals surface area (Å²) >= 11 is 7.85. The lowest BCUT2D eigenvalue weighted by atomic mass is 10.2. The fourth-order valence-electron chi connectivity index (χ4n) is 1.88. The van der Waals surface area contributed by atoms with Gasteiger partial charge in [-0.05, 0) is 18.4 Å². The molecule has 0 fully saturated rings. The van der Waals surface area contributed by atoms with Crippen molar-refractivity contribution in [2.45, 2.75) is 13.2 Å². The van der Waals surface area contributed by atoms with Gasteiger partial charge in [0.05, 0.1) is 0 Å². The Bertz CT molecular complexity index is 846. The van der Waals surface area contributed by atoms with Crippen LogP contribution in [-0.2, 0) is 22.7 Å². The van der Waals surface area contributed by atoms with E-state index in [0.717, 1.165) is 31.8 Å². The van der Waals surface area contributed by atoms with Crippen molar-refractivity contribution >= 4 is 61.0 Å². The predicted octanol–water partition coefficient (Wildman–Crippen LogP) is 5.49. The Morgan fingerprint density at radius 2 is 1.48 bits per heavy atom. The zero-order valence-corrected chi connectivity index (χ0v) is 18.3. The van der Waals surface area contributed by atoms with Gasteiger partial charge in [0.2, 0.25) is 0 Å². The number of nitrogens with one attached hydrogen (secondary N) is 1. The van der Waals surface area contributed by atoms with Crippen molar-refractivity contribution in [1.82, 2.24) is 5.32 Å². The van der Waals surface area contributed by atoms with Crippen LogP contribution in [0.1, 0.15) is 11.1 Å². The number of hydrogen-bond acceptors (Lipinski definition) is 5. The van der Waals surface area contributed by atoms with Crippen molar-refractivity contribution in [2.75, 3.05) is 6.26 Å². The number of carbonyl (C=O) groups excluding carboxylic acids is 2. The van der Waals surface area contributed by atoms with E-state index >= 15 is 0 Å². The van der Waals surface area contributed by atoms with E-state index < -0.39 is 12.2 Å². The molecular formula is C18H16Br2N2O4S. The van der Waals surface area contributed by atoms with Crippen LogP contribution in [0, 0.1) is 0 Å². The van der Waals surface area contributed by atoms with Crippen LogP contribution in [0.5, 0.6) is 0 Å². The molecule has 0 aliphatic carbocycles. The monoisotopic (exact) mass is 514 g/mol. The summed E-state index contributed by atoms with van der Waals surface area (Å²) in [6.45, 7) is 0.152. The Labute approximate surface area is 178 Å². The van der Waals surface area contributed by atoms with E-state index in [9.17, 15) is 9.59 Å². The number of nitrogens with zero attached hydrogens (tertiary/aromatic N) is 1. The average Bonchev–Trinajstić information content (AvgIpc) is 2.66. The molecule has 0 aromatic heterocycles. The molecule has 0 aliphatic heterocycles. The number of rotatable bonds is 4. The van der Waals surface area contributed by atoms with Crippen molar-refractivity contribution < 1.29 is 19.1 Å². The molecule has 0 heterocycles. The summed E-state index contributed by atoms with van der Waals surface area (Å²) < 4.78 is 11.9. The number of benzene rings is 2. The maximum Gasteiger partial charge on any atom is 0.436 e. The summed E-state index contributed by atoms with van der Waals surface area (Å²) in [5.74, 6) is 0. The van der Waals surface area contributed by atoms with Gasteiger partial charge in [0, 0.05) is 20.1 Å². The van der Waals surface area contributed by atoms with Crippen LogP contribution in [0.15, 0.2) is 62.5 Å². The molecule has 6 nitrogen and oxygen atoms in total. The third kappa shape index (κ3) is 7.36. The summed E-state index contributed by atoms with van der Waals surface area (Å²) in [4.78, 5) is 27.5. The lowest BCUT2D eigenvalue weighted by molar-refractivity contribution is 0.144. The second kappa shape index (κ2) is 11.1. The SMILES string of the molecule is CS/C(=N\C(=O)OCc1ccccc1Br)NC(=O)OCc1ccccc1Br. The molecule has 2 aromatic carbocycles. The van der Waals surface area contributed by atoms with Crippen LogP contribution in [-0.4, -0.2) is 23.6 Å². The molecule has 2 amide bonds. The zero-order chi connectivity index (χ0) is 19.6. The Kier molecular flexibility index (Phi) is 8.83. The molecule has 0 bridgehead atoms. The topological polar surface area (TPSA) is 77.0 Å². The minimum atomic E-state index is -0.804. The van der Waals surface area contributed by atoms with E-state index in [1.807, 2.05) is 48.5 Å². The van der Waals surface area contributed by atoms with Crippen LogP contribution in [0.3, 0.4) is 0 Å². The summed E-state index contributed by atoms with van der Waals surface area (Å²) in [5.41, 5.74) is 1.63. The molecule has 0 saturated heterocycles. The number of hydrogen-bond donors (Lipinski definition) is 1. The minimum Gasteiger partial charge on any atom is -0.444 e. The van der Waals surface area contributed by atoms with Gasteiger partial charge in [-0.1, -0.05) is 80.0 Å². The van der Waals surface area contributed by atoms with Crippen molar-refractivity contribution in [3.63, 3.8) is 0 Å². The van der Waals surface area contributed by atoms with Gasteiger partial charge in [-0.25, -0.2) is 9.59 Å². The highest BCUT2D eigenvalue weighted by atomic mass is 79.9. The zero-order valence-electron chi connectivity index (χ0n) is 14.3. The van der Waals surface area contributed by atoms with Gasteiger partial charge >= 0.3 is 12.2 Å². The number of amides is 2. The first kappa shape index (κ1) is 21.5. The quantitative estimate of drug-likeness (QED) is 0.430. The first-order valence-corrected chi connectivity index (χ1v) is 10.5. The van der Waals surface area contributed by atoms with Crippen LogP contribution >= 0.6 is 43.6 Å². The second-order valence-corrected chi connectivity index (χ2v) is 7.56. The summed E-state index contributed by atoms with van der Waals surface area (Å²) in [6.07, 6.45) is 0.159. The van der Waals surface area contributed by atoms with Gasteiger partial charge < -0.3 is 9.47 Å². The number of alkyl carbamates (subject to hydrolysis) is 1. The number of ether oxygens (including phenoxy) is 2. The maximum absolute atomic E-state index is 11.9. The van der Waals surface area contributed by atoms with Crippen molar-refractivity contribution in [3.05, 3.63) is 68.6 Å². The number of thioether (sulfide) groups is 1. The highest BCUT2D eigenvalue weighted by Crippen LogP contribution is 2.17. The van der Waals surface area contributed by atoms with E-state index in [1.54, 1.807) is 6.26 Å². The molecule has 0 saturated carbocycles. The maximum atomic E-state index is 11.9. The van der Waals surface area contributed by atoms with Gasteiger partial charge in [0.15, 0.2) is 5.17 Å². The Hall–Kier alpha value is -1.84. The van der Waals surface area contributed by atoms with Gasteiger partial charge in [-0.2, -0.15) is 4.99 Å². The highest BCUT2D eigenvalue weighted by molar-refractivity contribution is 9.10. The number of halogens is 2. The molecule has 1 N–H and O–H groups in total. The first-order chi connectivity index (χ1) is 13.0. The van der Waals surface area contributed by atoms with Gasteiger partial charge in [-0.15, -0.1) is 0 Å². The molecule has 27 heavy (non-hydrogen) atoms. The fourth-order valence-corrected chi connectivity index (χ4v) is 3.03. The smallest absolute Gasteiger partial charge is 0.436 e. The van der Waals surface area contributed by atoms with Crippen molar-refractivity contribution in [2.24, 2.45) is 4.99 Å². The molecule has 0 unspecified atom stereocenters. The fraction of sp³-hybridized carbons (Fsp3) is 0.167. The standard InChI is InChI=1S/C18H16Br2N2O4S/c1-27-16(21-17(23)25-10-12-6-2-4-8-14(12)19)22-18(24)26-11-13-7-3-5-9-15(13)20/h2-9H,10-11H2,1H3,(H,21,22,23,24). The third-order valence-corrected chi connectivity index (χ3v) is 5.35. The predicted molar refractivity (Wildman–Crippen MR) is 113 cm³/mol. The number of aliphatic imine (C=N–C) groups is 1. The Morgan fingerprint density at radius 3 is 2.00 bits per heavy atom. The average molecular weight is 516 g/mol. The van der Waals surface area contributed by atoms with Crippen LogP contribution in [0.25, 0.3) is 0 Å². The Balaban J connectivity index is 1.85. The van der Waals surface area contributed by atoms with Gasteiger partial charge in [0.1, 0.15) is 13.2 Å². The molecule has 2 rings (SSSR count). The summed E-state index contributed by atoms with van der Waals surface area (Å²) in [7, 11) is 0. The lowest BCUT2D eigenvalue weighted by Gasteiger charge is -2.09. The summed E-state index contributed by atoms with van der Waals surface area (Å²) in [5, 5.41) is 2.51. The van der Waals surface area contributed by atoms with Crippen LogP contribution < -0.4 is 5.32 Å². The van der Waals surface area contributed by atoms with Crippen LogP contribution in [0.2, 0.25) is 0 Å². The molecule has 0 radical (unpaired) electrons. The molecule has 0 atom stereocenters. The van der Waals surface area contributed by atoms with Gasteiger partial charge in [0.25, 0.3) is 0 Å². The van der Waals surface area contributed by atoms with E-state index in [1.165, 1.54) is 0 Å². The van der Waals surface area contributed by atoms with E-state index in [-0.39, 0.29) is 18.4 Å². The van der Waals surface area contributed by atoms with Gasteiger partial charge in [-0.3, -0.25) is 5.32 Å². The molecule has 0 aliphatic rings. The lowest BCUT2D eigenvalue weighted by Crippen LogP contribution is -2.29. The van der Waals surface area contributed by atoms with E-state index in [0.29, 0.717) is 0 Å². The van der Waals surface area contributed by atoms with Crippen molar-refractivity contribution in [1.29, 1.82) is 0 Å². The molecule has 0 spiro atoms. The molecule has 142 valence electrons. The first-order valence-electron chi connectivity index (χ1n) is 7.69. The molecular weight excluding hydrogens is 500 g/mol. The van der Waals surface area contributed by atoms with Crippen LogP contribution in [0.4, 0.5) is 9.59 Å². The minimum absolute atomic E-state index is 0.0674. The molecule has 9 heteroatoms. The number of carbonyl (C=O) groups is 2. The highest BCUT2D eigenvalue weighted by Gasteiger charge is 2.11. The van der Waals surface area contributed by atoms with E-state index in [4.69, 9.17) is 9.47 Å². The third-order valence-electron chi connectivity index (χ3n) is 3.22. The molecule has 2 aromatic rings. The Morgan fingerprint density at radius 1 is 0.963 bits per heavy atom. The number of amidine groups is 1. The second-order valence-electron chi connectivity index (χ2n) is 5.06. The van der Waals surface area contributed by atoms with Crippen molar-refractivity contribution in [3.8, 4) is 0 Å². The summed E-state index contributed by atoms with van der Waals surface area (Å²) in [6, 6.07) is 14.8.